The van der Waals surface area contributed by atoms with Gasteiger partial charge in [-0.1, -0.05) is 0 Å². The van der Waals surface area contributed by atoms with E-state index in [1.807, 2.05) is 26.8 Å². The van der Waals surface area contributed by atoms with E-state index in [1.54, 1.807) is 29.8 Å². The average Bonchev–Trinajstić information content (AvgIpc) is 3.22. The Bertz CT molecular complexity index is 989. The van der Waals surface area contributed by atoms with Crippen molar-refractivity contribution < 1.29 is 19.1 Å². The molecule has 3 aromatic rings. The maximum atomic E-state index is 12.6. The minimum absolute atomic E-state index is 0.106. The standard InChI is InChI=1S/C19H22N4O4/c1-12-7-16(14(3)23(12)13(2)9-26-4)17(24)10-27-19(25)15-5-6-18-21-20-11-22(18)8-15/h5-8,11,13H,9-10H2,1-4H3. The first kappa shape index (κ1) is 18.8. The van der Waals surface area contributed by atoms with Gasteiger partial charge in [0.2, 0.25) is 5.78 Å². The zero-order valence-electron chi connectivity index (χ0n) is 15.8. The first-order valence-corrected chi connectivity index (χ1v) is 8.59. The zero-order valence-corrected chi connectivity index (χ0v) is 15.8. The second kappa shape index (κ2) is 7.71. The summed E-state index contributed by atoms with van der Waals surface area (Å²) in [5.74, 6) is -0.807. The quantitative estimate of drug-likeness (QED) is 0.469. The molecule has 27 heavy (non-hydrogen) atoms. The Morgan fingerprint density at radius 2 is 2.04 bits per heavy atom. The van der Waals surface area contributed by atoms with Gasteiger partial charge in [-0.3, -0.25) is 9.20 Å². The third kappa shape index (κ3) is 3.75. The number of ketones is 1. The molecule has 0 aromatic carbocycles. The second-order valence-corrected chi connectivity index (χ2v) is 6.47. The number of aromatic nitrogens is 4. The number of fused-ring (bicyclic) bond motifs is 1. The molecule has 3 rings (SSSR count). The summed E-state index contributed by atoms with van der Waals surface area (Å²) in [7, 11) is 1.65. The van der Waals surface area contributed by atoms with E-state index in [1.165, 1.54) is 6.33 Å². The number of esters is 1. The highest BCUT2D eigenvalue weighted by molar-refractivity contribution is 6.00. The van der Waals surface area contributed by atoms with Crippen molar-refractivity contribution in [1.29, 1.82) is 0 Å². The van der Waals surface area contributed by atoms with Crippen LogP contribution in [0.2, 0.25) is 0 Å². The van der Waals surface area contributed by atoms with Gasteiger partial charge in [-0.2, -0.15) is 0 Å². The molecule has 0 aliphatic heterocycles. The Morgan fingerprint density at radius 1 is 1.26 bits per heavy atom. The zero-order chi connectivity index (χ0) is 19.6. The van der Waals surface area contributed by atoms with E-state index in [2.05, 4.69) is 14.8 Å². The van der Waals surface area contributed by atoms with E-state index >= 15 is 0 Å². The van der Waals surface area contributed by atoms with Gasteiger partial charge in [0, 0.05) is 30.3 Å². The van der Waals surface area contributed by atoms with Crippen LogP contribution < -0.4 is 0 Å². The molecule has 142 valence electrons. The highest BCUT2D eigenvalue weighted by Gasteiger charge is 2.20. The molecule has 1 atom stereocenters. The monoisotopic (exact) mass is 370 g/mol. The van der Waals surface area contributed by atoms with E-state index in [0.29, 0.717) is 23.4 Å². The van der Waals surface area contributed by atoms with Gasteiger partial charge < -0.3 is 14.0 Å². The molecule has 0 amide bonds. The number of ether oxygens (including phenoxy) is 2. The van der Waals surface area contributed by atoms with Gasteiger partial charge in [-0.15, -0.1) is 10.2 Å². The number of aryl methyl sites for hydroxylation is 1. The highest BCUT2D eigenvalue weighted by Crippen LogP contribution is 2.21. The van der Waals surface area contributed by atoms with Crippen LogP contribution in [0.5, 0.6) is 0 Å². The van der Waals surface area contributed by atoms with Crippen LogP contribution in [0, 0.1) is 13.8 Å². The van der Waals surface area contributed by atoms with Crippen molar-refractivity contribution in [3.63, 3.8) is 0 Å². The smallest absolute Gasteiger partial charge is 0.340 e. The van der Waals surface area contributed by atoms with Gasteiger partial charge in [0.15, 0.2) is 12.3 Å². The molecule has 3 aromatic heterocycles. The lowest BCUT2D eigenvalue weighted by molar-refractivity contribution is 0.0474. The van der Waals surface area contributed by atoms with Crippen molar-refractivity contribution in [3.05, 3.63) is 53.2 Å². The van der Waals surface area contributed by atoms with Gasteiger partial charge in [0.25, 0.3) is 0 Å². The molecule has 8 nitrogen and oxygen atoms in total. The molecule has 0 aliphatic rings. The normalized spacial score (nSPS) is 12.3. The predicted molar refractivity (Wildman–Crippen MR) is 98.1 cm³/mol. The molecule has 0 aliphatic carbocycles. The first-order chi connectivity index (χ1) is 12.9. The molecular formula is C19H22N4O4. The van der Waals surface area contributed by atoms with Crippen LogP contribution in [0.1, 0.15) is 45.1 Å². The Balaban J connectivity index is 1.70. The summed E-state index contributed by atoms with van der Waals surface area (Å²) < 4.78 is 14.1. The molecule has 0 N–H and O–H groups in total. The largest absolute Gasteiger partial charge is 0.454 e. The van der Waals surface area contributed by atoms with Crippen molar-refractivity contribution in [3.8, 4) is 0 Å². The number of nitrogens with zero attached hydrogens (tertiary/aromatic N) is 4. The number of hydrogen-bond acceptors (Lipinski definition) is 6. The van der Waals surface area contributed by atoms with E-state index in [-0.39, 0.29) is 18.4 Å². The van der Waals surface area contributed by atoms with Gasteiger partial charge in [0.1, 0.15) is 6.33 Å². The Morgan fingerprint density at radius 3 is 2.78 bits per heavy atom. The topological polar surface area (TPSA) is 87.7 Å². The number of rotatable bonds is 7. The van der Waals surface area contributed by atoms with Crippen LogP contribution in [-0.4, -0.2) is 51.2 Å². The summed E-state index contributed by atoms with van der Waals surface area (Å²) >= 11 is 0. The number of hydrogen-bond donors (Lipinski definition) is 0. The molecule has 0 bridgehead atoms. The fourth-order valence-corrected chi connectivity index (χ4v) is 3.29. The molecular weight excluding hydrogens is 348 g/mol. The molecule has 8 heteroatoms. The minimum Gasteiger partial charge on any atom is -0.454 e. The van der Waals surface area contributed by atoms with E-state index in [0.717, 1.165) is 11.4 Å². The summed E-state index contributed by atoms with van der Waals surface area (Å²) in [6.45, 7) is 6.08. The summed E-state index contributed by atoms with van der Waals surface area (Å²) in [4.78, 5) is 24.8. The second-order valence-electron chi connectivity index (χ2n) is 6.47. The summed E-state index contributed by atoms with van der Waals surface area (Å²) in [5, 5.41) is 7.63. The lowest BCUT2D eigenvalue weighted by Crippen LogP contribution is -2.17. The average molecular weight is 370 g/mol. The molecule has 0 radical (unpaired) electrons. The highest BCUT2D eigenvalue weighted by atomic mass is 16.5. The fourth-order valence-electron chi connectivity index (χ4n) is 3.29. The van der Waals surface area contributed by atoms with Crippen LogP contribution in [0.4, 0.5) is 0 Å². The van der Waals surface area contributed by atoms with E-state index in [4.69, 9.17) is 9.47 Å². The van der Waals surface area contributed by atoms with E-state index < -0.39 is 5.97 Å². The van der Waals surface area contributed by atoms with Crippen molar-refractivity contribution >= 4 is 17.4 Å². The maximum Gasteiger partial charge on any atom is 0.340 e. The third-order valence-corrected chi connectivity index (χ3v) is 4.49. The molecule has 3 heterocycles. The predicted octanol–water partition coefficient (Wildman–Crippen LogP) is 2.39. The molecule has 0 saturated carbocycles. The van der Waals surface area contributed by atoms with Crippen molar-refractivity contribution in [2.24, 2.45) is 0 Å². The van der Waals surface area contributed by atoms with Crippen LogP contribution in [0.3, 0.4) is 0 Å². The van der Waals surface area contributed by atoms with Crippen LogP contribution in [-0.2, 0) is 9.47 Å². The third-order valence-electron chi connectivity index (χ3n) is 4.49. The summed E-state index contributed by atoms with van der Waals surface area (Å²) in [6.07, 6.45) is 3.06. The van der Waals surface area contributed by atoms with Gasteiger partial charge in [-0.05, 0) is 39.0 Å². The van der Waals surface area contributed by atoms with Crippen LogP contribution >= 0.6 is 0 Å². The number of Topliss-reactive ketones (excluding diaryl/α,β-unsaturated/α-hetero) is 1. The fraction of sp³-hybridized carbons (Fsp3) is 0.368. The lowest BCUT2D eigenvalue weighted by Gasteiger charge is -2.17. The number of methoxy groups -OCH3 is 1. The van der Waals surface area contributed by atoms with Crippen LogP contribution in [0.25, 0.3) is 5.65 Å². The van der Waals surface area contributed by atoms with E-state index in [9.17, 15) is 9.59 Å². The summed E-state index contributed by atoms with van der Waals surface area (Å²) in [6, 6.07) is 5.18. The Hall–Kier alpha value is -3.00. The lowest BCUT2D eigenvalue weighted by atomic mass is 10.1. The number of carbonyl (C=O) groups is 2. The minimum atomic E-state index is -0.569. The SMILES string of the molecule is COCC(C)n1c(C)cc(C(=O)COC(=O)c2ccc3nncn3c2)c1C. The van der Waals surface area contributed by atoms with Gasteiger partial charge in [-0.25, -0.2) is 4.79 Å². The van der Waals surface area contributed by atoms with Crippen molar-refractivity contribution in [2.75, 3.05) is 20.3 Å². The van der Waals surface area contributed by atoms with Gasteiger partial charge >= 0.3 is 5.97 Å². The summed E-state index contributed by atoms with van der Waals surface area (Å²) in [5.41, 5.74) is 3.31. The van der Waals surface area contributed by atoms with Gasteiger partial charge in [0.05, 0.1) is 18.2 Å². The molecule has 0 saturated heterocycles. The maximum absolute atomic E-state index is 12.6. The molecule has 1 unspecified atom stereocenters. The Kier molecular flexibility index (Phi) is 5.36. The van der Waals surface area contributed by atoms with Crippen molar-refractivity contribution in [2.45, 2.75) is 26.8 Å². The van der Waals surface area contributed by atoms with Crippen LogP contribution in [0.15, 0.2) is 30.7 Å². The first-order valence-electron chi connectivity index (χ1n) is 8.59. The van der Waals surface area contributed by atoms with Crippen molar-refractivity contribution in [1.82, 2.24) is 19.2 Å². The molecule has 0 spiro atoms. The Labute approximate surface area is 156 Å². The molecule has 0 fully saturated rings. The number of carbonyl (C=O) groups excluding carboxylic acids is 2. The number of pyridine rings is 1.